The number of anilines is 1. The number of hydrogen-bond donors (Lipinski definition) is 2. The molecule has 0 radical (unpaired) electrons. The van der Waals surface area contributed by atoms with E-state index in [9.17, 15) is 4.79 Å². The first-order valence-electron chi connectivity index (χ1n) is 7.27. The molecular formula is C18H20N2OS. The van der Waals surface area contributed by atoms with Gasteiger partial charge in [-0.1, -0.05) is 25.1 Å². The van der Waals surface area contributed by atoms with Crippen LogP contribution in [0.15, 0.2) is 42.5 Å². The van der Waals surface area contributed by atoms with Crippen LogP contribution in [-0.2, 0) is 6.42 Å². The zero-order valence-corrected chi connectivity index (χ0v) is 13.9. The number of benzene rings is 2. The first-order chi connectivity index (χ1) is 10.5. The SMILES string of the molecule is CCc1ccc(C(=O)NC(=S)Nc2cc(C)cc(C)c2)cc1. The number of rotatable bonds is 3. The molecular weight excluding hydrogens is 292 g/mol. The summed E-state index contributed by atoms with van der Waals surface area (Å²) >= 11 is 5.20. The topological polar surface area (TPSA) is 41.1 Å². The number of aryl methyl sites for hydroxylation is 3. The van der Waals surface area contributed by atoms with Crippen LogP contribution in [0.1, 0.15) is 34.0 Å². The third-order valence-corrected chi connectivity index (χ3v) is 3.54. The predicted octanol–water partition coefficient (Wildman–Crippen LogP) is 3.99. The lowest BCUT2D eigenvalue weighted by Crippen LogP contribution is -2.34. The van der Waals surface area contributed by atoms with Crippen molar-refractivity contribution < 1.29 is 4.79 Å². The average molecular weight is 312 g/mol. The molecule has 0 aromatic heterocycles. The number of nitrogens with one attached hydrogen (secondary N) is 2. The summed E-state index contributed by atoms with van der Waals surface area (Å²) in [5.41, 5.74) is 4.97. The molecule has 0 bridgehead atoms. The van der Waals surface area contributed by atoms with Crippen molar-refractivity contribution in [3.05, 3.63) is 64.7 Å². The molecule has 1 amide bonds. The minimum absolute atomic E-state index is 0.204. The first kappa shape index (κ1) is 16.2. The van der Waals surface area contributed by atoms with Gasteiger partial charge in [0.2, 0.25) is 0 Å². The minimum atomic E-state index is -0.204. The molecule has 0 aliphatic carbocycles. The Hall–Kier alpha value is -2.20. The molecule has 0 atom stereocenters. The van der Waals surface area contributed by atoms with Crippen molar-refractivity contribution in [1.29, 1.82) is 0 Å². The van der Waals surface area contributed by atoms with Gasteiger partial charge in [-0.3, -0.25) is 10.1 Å². The zero-order valence-electron chi connectivity index (χ0n) is 13.1. The highest BCUT2D eigenvalue weighted by Gasteiger charge is 2.08. The van der Waals surface area contributed by atoms with Gasteiger partial charge in [0, 0.05) is 11.3 Å². The number of carbonyl (C=O) groups excluding carboxylic acids is 1. The highest BCUT2D eigenvalue weighted by Crippen LogP contribution is 2.13. The lowest BCUT2D eigenvalue weighted by molar-refractivity contribution is 0.0977. The molecule has 0 aliphatic rings. The molecule has 0 unspecified atom stereocenters. The highest BCUT2D eigenvalue weighted by molar-refractivity contribution is 7.80. The third-order valence-electron chi connectivity index (χ3n) is 3.33. The first-order valence-corrected chi connectivity index (χ1v) is 7.68. The Morgan fingerprint density at radius 3 is 2.18 bits per heavy atom. The van der Waals surface area contributed by atoms with Crippen molar-refractivity contribution >= 4 is 28.9 Å². The molecule has 2 rings (SSSR count). The van der Waals surface area contributed by atoms with Crippen LogP contribution in [0, 0.1) is 13.8 Å². The predicted molar refractivity (Wildman–Crippen MR) is 95.4 cm³/mol. The van der Waals surface area contributed by atoms with E-state index in [2.05, 4.69) is 23.6 Å². The normalized spacial score (nSPS) is 10.1. The van der Waals surface area contributed by atoms with Crippen LogP contribution in [0.3, 0.4) is 0 Å². The Balaban J connectivity index is 2.00. The van der Waals surface area contributed by atoms with E-state index in [0.717, 1.165) is 23.2 Å². The van der Waals surface area contributed by atoms with Crippen molar-refractivity contribution in [1.82, 2.24) is 5.32 Å². The monoisotopic (exact) mass is 312 g/mol. The fraction of sp³-hybridized carbons (Fsp3) is 0.222. The molecule has 4 heteroatoms. The maximum atomic E-state index is 12.1. The zero-order chi connectivity index (χ0) is 16.1. The Labute approximate surface area is 136 Å². The lowest BCUT2D eigenvalue weighted by atomic mass is 10.1. The minimum Gasteiger partial charge on any atom is -0.332 e. The van der Waals surface area contributed by atoms with Crippen LogP contribution >= 0.6 is 12.2 Å². The summed E-state index contributed by atoms with van der Waals surface area (Å²) in [7, 11) is 0. The van der Waals surface area contributed by atoms with E-state index in [0.29, 0.717) is 10.7 Å². The van der Waals surface area contributed by atoms with Crippen molar-refractivity contribution in [3.8, 4) is 0 Å². The van der Waals surface area contributed by atoms with E-state index in [4.69, 9.17) is 12.2 Å². The maximum Gasteiger partial charge on any atom is 0.257 e. The van der Waals surface area contributed by atoms with Crippen LogP contribution in [0.5, 0.6) is 0 Å². The summed E-state index contributed by atoms with van der Waals surface area (Å²) in [5, 5.41) is 6.05. The molecule has 22 heavy (non-hydrogen) atoms. The third kappa shape index (κ3) is 4.40. The Bertz CT molecular complexity index is 672. The van der Waals surface area contributed by atoms with Gasteiger partial charge in [0.05, 0.1) is 0 Å². The molecule has 0 saturated carbocycles. The number of hydrogen-bond acceptors (Lipinski definition) is 2. The second-order valence-corrected chi connectivity index (χ2v) is 5.74. The Kier molecular flexibility index (Phi) is 5.28. The molecule has 2 N–H and O–H groups in total. The van der Waals surface area contributed by atoms with Gasteiger partial charge in [0.25, 0.3) is 5.91 Å². The van der Waals surface area contributed by atoms with Crippen molar-refractivity contribution in [2.24, 2.45) is 0 Å². The molecule has 0 saturated heterocycles. The van der Waals surface area contributed by atoms with Crippen molar-refractivity contribution in [2.45, 2.75) is 27.2 Å². The second kappa shape index (κ2) is 7.18. The van der Waals surface area contributed by atoms with Gasteiger partial charge in [-0.2, -0.15) is 0 Å². The van der Waals surface area contributed by atoms with E-state index >= 15 is 0 Å². The molecule has 3 nitrogen and oxygen atoms in total. The number of thiocarbonyl (C=S) groups is 1. The summed E-state index contributed by atoms with van der Waals surface area (Å²) < 4.78 is 0. The van der Waals surface area contributed by atoms with Crippen LogP contribution in [0.25, 0.3) is 0 Å². The highest BCUT2D eigenvalue weighted by atomic mass is 32.1. The number of amides is 1. The molecule has 0 aliphatic heterocycles. The summed E-state index contributed by atoms with van der Waals surface area (Å²) in [4.78, 5) is 12.1. The van der Waals surface area contributed by atoms with Crippen molar-refractivity contribution in [2.75, 3.05) is 5.32 Å². The van der Waals surface area contributed by atoms with Crippen LogP contribution < -0.4 is 10.6 Å². The lowest BCUT2D eigenvalue weighted by Gasteiger charge is -2.11. The smallest absolute Gasteiger partial charge is 0.257 e. The van der Waals surface area contributed by atoms with Gasteiger partial charge in [-0.05, 0) is 73.4 Å². The summed E-state index contributed by atoms with van der Waals surface area (Å²) in [6.45, 7) is 6.13. The van der Waals surface area contributed by atoms with Crippen LogP contribution in [-0.4, -0.2) is 11.0 Å². The van der Waals surface area contributed by atoms with Gasteiger partial charge in [-0.25, -0.2) is 0 Å². The van der Waals surface area contributed by atoms with E-state index in [-0.39, 0.29) is 5.91 Å². The van der Waals surface area contributed by atoms with Crippen LogP contribution in [0.4, 0.5) is 5.69 Å². The molecule has 2 aromatic rings. The molecule has 114 valence electrons. The largest absolute Gasteiger partial charge is 0.332 e. The molecule has 0 fully saturated rings. The van der Waals surface area contributed by atoms with Gasteiger partial charge < -0.3 is 5.32 Å². The molecule has 2 aromatic carbocycles. The fourth-order valence-electron chi connectivity index (χ4n) is 2.28. The van der Waals surface area contributed by atoms with E-state index in [1.165, 1.54) is 5.56 Å². The Morgan fingerprint density at radius 1 is 1.05 bits per heavy atom. The summed E-state index contributed by atoms with van der Waals surface area (Å²) in [6.07, 6.45) is 0.953. The summed E-state index contributed by atoms with van der Waals surface area (Å²) in [5.74, 6) is -0.204. The summed E-state index contributed by atoms with van der Waals surface area (Å²) in [6, 6.07) is 13.6. The van der Waals surface area contributed by atoms with Gasteiger partial charge in [0.1, 0.15) is 0 Å². The molecule has 0 spiro atoms. The number of carbonyl (C=O) groups is 1. The van der Waals surface area contributed by atoms with E-state index in [1.807, 2.05) is 50.2 Å². The van der Waals surface area contributed by atoms with Crippen LogP contribution in [0.2, 0.25) is 0 Å². The fourth-order valence-corrected chi connectivity index (χ4v) is 2.49. The van der Waals surface area contributed by atoms with E-state index < -0.39 is 0 Å². The Morgan fingerprint density at radius 2 is 1.64 bits per heavy atom. The average Bonchev–Trinajstić information content (AvgIpc) is 2.46. The maximum absolute atomic E-state index is 12.1. The van der Waals surface area contributed by atoms with E-state index in [1.54, 1.807) is 0 Å². The van der Waals surface area contributed by atoms with Crippen molar-refractivity contribution in [3.63, 3.8) is 0 Å². The van der Waals surface area contributed by atoms with Gasteiger partial charge in [-0.15, -0.1) is 0 Å². The van der Waals surface area contributed by atoms with Gasteiger partial charge in [0.15, 0.2) is 5.11 Å². The quantitative estimate of drug-likeness (QED) is 0.842. The second-order valence-electron chi connectivity index (χ2n) is 5.34. The molecule has 0 heterocycles. The standard InChI is InChI=1S/C18H20N2OS/c1-4-14-5-7-15(8-6-14)17(21)20-18(22)19-16-10-12(2)9-13(3)11-16/h5-11H,4H2,1-3H3,(H2,19,20,21,22). The van der Waals surface area contributed by atoms with Gasteiger partial charge >= 0.3 is 0 Å².